The largest absolute Gasteiger partial charge is 0.497 e. The van der Waals surface area contributed by atoms with Crippen molar-refractivity contribution in [3.8, 4) is 5.75 Å². The van der Waals surface area contributed by atoms with Gasteiger partial charge in [-0.2, -0.15) is 4.73 Å². The first-order valence-electron chi connectivity index (χ1n) is 10.6. The molecule has 0 aliphatic heterocycles. The summed E-state index contributed by atoms with van der Waals surface area (Å²) in [6.07, 6.45) is 2.68. The minimum Gasteiger partial charge on any atom is -0.497 e. The van der Waals surface area contributed by atoms with Crippen molar-refractivity contribution in [3.63, 3.8) is 0 Å². The number of fused-ring (bicyclic) bond motifs is 1. The van der Waals surface area contributed by atoms with Crippen molar-refractivity contribution in [3.05, 3.63) is 30.0 Å². The van der Waals surface area contributed by atoms with Crippen LogP contribution < -0.4 is 4.74 Å². The van der Waals surface area contributed by atoms with Gasteiger partial charge in [0.1, 0.15) is 5.75 Å². The molecule has 0 bridgehead atoms. The fourth-order valence-corrected chi connectivity index (χ4v) is 1.93. The molecule has 0 unspecified atom stereocenters. The number of methoxy groups -OCH3 is 1. The second-order valence-corrected chi connectivity index (χ2v) is 4.44. The van der Waals surface area contributed by atoms with Crippen molar-refractivity contribution in [2.45, 2.75) is 75.7 Å². The van der Waals surface area contributed by atoms with Crippen LogP contribution in [-0.2, 0) is 6.42 Å². The molecule has 0 atom stereocenters. The van der Waals surface area contributed by atoms with Gasteiger partial charge in [-0.25, -0.2) is 0 Å². The summed E-state index contributed by atoms with van der Waals surface area (Å²) in [5, 5.41) is 10.8. The first-order valence-corrected chi connectivity index (χ1v) is 10.6. The molecule has 1 heterocycles. The molecule has 0 saturated carbocycles. The summed E-state index contributed by atoms with van der Waals surface area (Å²) in [5.74, 6) is 0.815. The minimum absolute atomic E-state index is 0.815. The van der Waals surface area contributed by atoms with E-state index in [1.807, 2.05) is 102 Å². The zero-order chi connectivity index (χ0) is 22.4. The van der Waals surface area contributed by atoms with E-state index in [4.69, 9.17) is 4.74 Å². The number of hydrogen-bond acceptors (Lipinski definition) is 3. The third-order valence-corrected chi connectivity index (χ3v) is 2.90. The highest BCUT2D eigenvalue weighted by molar-refractivity contribution is 5.85. The van der Waals surface area contributed by atoms with E-state index in [1.165, 1.54) is 4.73 Å². The highest BCUT2D eigenvalue weighted by atomic mass is 16.5. The maximum atomic E-state index is 9.78. The normalized spacial score (nSPS) is 8.22. The molecule has 4 heteroatoms. The topological polar surface area (TPSA) is 37.6 Å². The van der Waals surface area contributed by atoms with Gasteiger partial charge in [-0.05, 0) is 44.3 Å². The molecule has 0 saturated heterocycles. The molecular weight excluding hydrogens is 336 g/mol. The van der Waals surface area contributed by atoms with E-state index in [-0.39, 0.29) is 0 Å². The highest BCUT2D eigenvalue weighted by Gasteiger charge is 2.09. The van der Waals surface area contributed by atoms with Crippen molar-refractivity contribution >= 4 is 10.9 Å². The van der Waals surface area contributed by atoms with Crippen molar-refractivity contribution in [2.75, 3.05) is 27.7 Å². The first kappa shape index (κ1) is 32.9. The lowest BCUT2D eigenvalue weighted by Gasteiger charge is -2.08. The van der Waals surface area contributed by atoms with Gasteiger partial charge in [-0.1, -0.05) is 69.2 Å². The molecule has 0 amide bonds. The van der Waals surface area contributed by atoms with E-state index < -0.39 is 0 Å². The number of rotatable bonds is 4. The summed E-state index contributed by atoms with van der Waals surface area (Å²) in [6.45, 7) is 21.0. The Kier molecular flexibility index (Phi) is 29.7. The Labute approximate surface area is 170 Å². The standard InChI is InChI=1S/C13H18N2O2.5C2H6/c1-14(2)7-6-10-9-15(16)13-5-4-11(17-3)8-12(10)13;5*1-2/h4-5,8-9,16H,6-7H2,1-3H3;5*1-2H3. The molecule has 1 aromatic carbocycles. The van der Waals surface area contributed by atoms with Crippen LogP contribution in [0.3, 0.4) is 0 Å². The monoisotopic (exact) mass is 384 g/mol. The molecule has 1 N–H and O–H groups in total. The summed E-state index contributed by atoms with van der Waals surface area (Å²) in [7, 11) is 5.73. The molecule has 0 spiro atoms. The lowest BCUT2D eigenvalue weighted by Crippen LogP contribution is -2.14. The Morgan fingerprint density at radius 2 is 1.37 bits per heavy atom. The van der Waals surface area contributed by atoms with E-state index in [0.717, 1.165) is 35.2 Å². The van der Waals surface area contributed by atoms with E-state index in [2.05, 4.69) is 4.90 Å². The van der Waals surface area contributed by atoms with Crippen molar-refractivity contribution < 1.29 is 9.94 Å². The number of nitrogens with zero attached hydrogens (tertiary/aromatic N) is 2. The Morgan fingerprint density at radius 3 is 1.78 bits per heavy atom. The van der Waals surface area contributed by atoms with Gasteiger partial charge in [0.15, 0.2) is 0 Å². The quantitative estimate of drug-likeness (QED) is 0.570. The summed E-state index contributed by atoms with van der Waals surface area (Å²) in [6, 6.07) is 5.69. The lowest BCUT2D eigenvalue weighted by atomic mass is 10.1. The van der Waals surface area contributed by atoms with Crippen LogP contribution in [0, 0.1) is 0 Å². The summed E-state index contributed by atoms with van der Waals surface area (Å²) < 4.78 is 6.39. The molecule has 0 aliphatic carbocycles. The predicted octanol–water partition coefficient (Wildman–Crippen LogP) is 7.12. The molecule has 2 rings (SSSR count). The van der Waals surface area contributed by atoms with Gasteiger partial charge in [-0.3, -0.25) is 0 Å². The van der Waals surface area contributed by atoms with Gasteiger partial charge in [0.25, 0.3) is 0 Å². The van der Waals surface area contributed by atoms with Crippen LogP contribution >= 0.6 is 0 Å². The maximum Gasteiger partial charge on any atom is 0.119 e. The first-order chi connectivity index (χ1) is 13.1. The number of ether oxygens (including phenoxy) is 1. The number of benzene rings is 1. The SMILES string of the molecule is CC.CC.CC.CC.CC.COc1ccc2c(c1)c(CCN(C)C)cn2O. The van der Waals surface area contributed by atoms with Crippen LogP contribution in [0.15, 0.2) is 24.4 Å². The van der Waals surface area contributed by atoms with Gasteiger partial charge in [0, 0.05) is 18.1 Å². The highest BCUT2D eigenvalue weighted by Crippen LogP contribution is 2.25. The zero-order valence-electron chi connectivity index (χ0n) is 20.5. The fraction of sp³-hybridized carbons (Fsp3) is 0.652. The Morgan fingerprint density at radius 1 is 0.889 bits per heavy atom. The average molecular weight is 385 g/mol. The molecule has 0 radical (unpaired) electrons. The molecule has 162 valence electrons. The van der Waals surface area contributed by atoms with E-state index in [9.17, 15) is 5.21 Å². The maximum absolute atomic E-state index is 9.78. The second-order valence-electron chi connectivity index (χ2n) is 4.44. The lowest BCUT2D eigenvalue weighted by molar-refractivity contribution is 0.199. The van der Waals surface area contributed by atoms with Gasteiger partial charge in [-0.15, -0.1) is 0 Å². The molecule has 27 heavy (non-hydrogen) atoms. The number of hydrogen-bond donors (Lipinski definition) is 1. The molecule has 0 fully saturated rings. The van der Waals surface area contributed by atoms with E-state index in [0.29, 0.717) is 0 Å². The van der Waals surface area contributed by atoms with Crippen molar-refractivity contribution in [1.82, 2.24) is 9.63 Å². The van der Waals surface area contributed by atoms with Gasteiger partial charge in [0.05, 0.1) is 12.6 Å². The molecule has 2 aromatic rings. The average Bonchev–Trinajstić information content (AvgIpc) is 3.08. The third kappa shape index (κ3) is 13.2. The summed E-state index contributed by atoms with van der Waals surface area (Å²) >= 11 is 0. The van der Waals surface area contributed by atoms with E-state index >= 15 is 0 Å². The molecular formula is C23H48N2O2. The summed E-state index contributed by atoms with van der Waals surface area (Å²) in [5.41, 5.74) is 1.95. The van der Waals surface area contributed by atoms with Gasteiger partial charge in [0.2, 0.25) is 0 Å². The second kappa shape index (κ2) is 24.3. The predicted molar refractivity (Wildman–Crippen MR) is 125 cm³/mol. The summed E-state index contributed by atoms with van der Waals surface area (Å²) in [4.78, 5) is 2.13. The van der Waals surface area contributed by atoms with Crippen LogP contribution in [-0.4, -0.2) is 42.6 Å². The van der Waals surface area contributed by atoms with Crippen molar-refractivity contribution in [1.29, 1.82) is 0 Å². The van der Waals surface area contributed by atoms with Crippen molar-refractivity contribution in [2.24, 2.45) is 0 Å². The minimum atomic E-state index is 0.815. The Balaban J connectivity index is -0.000000230. The van der Waals surface area contributed by atoms with Gasteiger partial charge >= 0.3 is 0 Å². The van der Waals surface area contributed by atoms with Gasteiger partial charge < -0.3 is 14.8 Å². The van der Waals surface area contributed by atoms with Crippen LogP contribution in [0.5, 0.6) is 5.75 Å². The third-order valence-electron chi connectivity index (χ3n) is 2.90. The van der Waals surface area contributed by atoms with E-state index in [1.54, 1.807) is 13.3 Å². The van der Waals surface area contributed by atoms with Crippen LogP contribution in [0.4, 0.5) is 0 Å². The number of likely N-dealkylation sites (N-methyl/N-ethyl adjacent to an activating group) is 1. The van der Waals surface area contributed by atoms with Crippen LogP contribution in [0.25, 0.3) is 10.9 Å². The molecule has 4 nitrogen and oxygen atoms in total. The molecule has 1 aromatic heterocycles. The van der Waals surface area contributed by atoms with Crippen LogP contribution in [0.2, 0.25) is 0 Å². The fourth-order valence-electron chi connectivity index (χ4n) is 1.93. The smallest absolute Gasteiger partial charge is 0.119 e. The Bertz CT molecular complexity index is 520. The Hall–Kier alpha value is -1.68. The number of aromatic nitrogens is 1. The van der Waals surface area contributed by atoms with Crippen LogP contribution in [0.1, 0.15) is 74.8 Å². The molecule has 0 aliphatic rings. The zero-order valence-corrected chi connectivity index (χ0v) is 20.5.